The van der Waals surface area contributed by atoms with E-state index in [0.717, 1.165) is 11.5 Å². The molecule has 3 aromatic rings. The molecule has 0 radical (unpaired) electrons. The fraction of sp³-hybridized carbons (Fsp3) is 0.174. The minimum atomic E-state index is -3.72. The molecule has 0 aliphatic carbocycles. The number of hydrogen-bond donors (Lipinski definition) is 2. The number of halogens is 1. The van der Waals surface area contributed by atoms with Gasteiger partial charge in [0, 0.05) is 18.1 Å². The Kier molecular flexibility index (Phi) is 8.01. The molecule has 0 saturated carbocycles. The zero-order valence-electron chi connectivity index (χ0n) is 17.0. The molecule has 0 unspecified atom stereocenters. The lowest BCUT2D eigenvalue weighted by Gasteiger charge is -2.11. The van der Waals surface area contributed by atoms with Crippen LogP contribution in [0.3, 0.4) is 0 Å². The van der Waals surface area contributed by atoms with Crippen molar-refractivity contribution in [1.29, 1.82) is 0 Å². The Bertz CT molecular complexity index is 1140. The van der Waals surface area contributed by atoms with Crippen molar-refractivity contribution in [3.63, 3.8) is 0 Å². The number of carbonyl (C=O) groups is 1. The Morgan fingerprint density at radius 2 is 1.71 bits per heavy atom. The molecular weight excluding hydrogens is 452 g/mol. The quantitative estimate of drug-likeness (QED) is 0.422. The highest BCUT2D eigenvalue weighted by molar-refractivity contribution is 7.98. The van der Waals surface area contributed by atoms with E-state index in [-0.39, 0.29) is 15.8 Å². The molecule has 0 aromatic heterocycles. The van der Waals surface area contributed by atoms with Gasteiger partial charge in [0.1, 0.15) is 0 Å². The van der Waals surface area contributed by atoms with Crippen molar-refractivity contribution in [3.8, 4) is 0 Å². The second-order valence-electron chi connectivity index (χ2n) is 6.91. The molecule has 0 fully saturated rings. The first-order valence-electron chi connectivity index (χ1n) is 9.64. The molecule has 2 N–H and O–H groups in total. The van der Waals surface area contributed by atoms with Gasteiger partial charge < -0.3 is 5.32 Å². The highest BCUT2D eigenvalue weighted by Crippen LogP contribution is 2.23. The molecule has 31 heavy (non-hydrogen) atoms. The maximum absolute atomic E-state index is 12.4. The van der Waals surface area contributed by atoms with Crippen molar-refractivity contribution in [2.45, 2.75) is 17.6 Å². The number of amides is 1. The number of hydrogen-bond acceptors (Lipinski definition) is 4. The van der Waals surface area contributed by atoms with E-state index in [9.17, 15) is 13.2 Å². The van der Waals surface area contributed by atoms with E-state index >= 15 is 0 Å². The van der Waals surface area contributed by atoms with Crippen LogP contribution in [0.5, 0.6) is 0 Å². The topological polar surface area (TPSA) is 75.3 Å². The lowest BCUT2D eigenvalue weighted by molar-refractivity contribution is 0.0956. The molecule has 0 aliphatic rings. The van der Waals surface area contributed by atoms with Gasteiger partial charge >= 0.3 is 0 Å². The van der Waals surface area contributed by atoms with Crippen LogP contribution in [0.1, 0.15) is 21.5 Å². The Hall–Kier alpha value is -2.48. The summed E-state index contributed by atoms with van der Waals surface area (Å²) in [6.07, 6.45) is 0. The third-order valence-corrected chi connectivity index (χ3v) is 7.18. The van der Waals surface area contributed by atoms with Crippen molar-refractivity contribution in [2.24, 2.45) is 0 Å². The molecule has 0 spiro atoms. The third-order valence-electron chi connectivity index (χ3n) is 4.44. The summed E-state index contributed by atoms with van der Waals surface area (Å²) >= 11 is 7.97. The van der Waals surface area contributed by atoms with Gasteiger partial charge in [-0.3, -0.25) is 9.52 Å². The monoisotopic (exact) mass is 474 g/mol. The predicted molar refractivity (Wildman–Crippen MR) is 128 cm³/mol. The van der Waals surface area contributed by atoms with Crippen LogP contribution >= 0.6 is 23.4 Å². The molecule has 0 saturated heterocycles. The zero-order valence-corrected chi connectivity index (χ0v) is 19.4. The summed E-state index contributed by atoms with van der Waals surface area (Å²) in [7, 11) is -3.72. The lowest BCUT2D eigenvalue weighted by atomic mass is 10.2. The Morgan fingerprint density at radius 3 is 2.39 bits per heavy atom. The molecule has 162 valence electrons. The van der Waals surface area contributed by atoms with Crippen LogP contribution in [-0.2, 0) is 15.8 Å². The summed E-state index contributed by atoms with van der Waals surface area (Å²) in [5.41, 5.74) is 3.07. The van der Waals surface area contributed by atoms with E-state index in [1.54, 1.807) is 30.0 Å². The number of aryl methyl sites for hydroxylation is 1. The number of carbonyl (C=O) groups excluding carboxylic acids is 1. The second kappa shape index (κ2) is 10.7. The smallest absolute Gasteiger partial charge is 0.261 e. The largest absolute Gasteiger partial charge is 0.351 e. The van der Waals surface area contributed by atoms with Gasteiger partial charge in [-0.1, -0.05) is 59.6 Å². The van der Waals surface area contributed by atoms with Crippen LogP contribution in [-0.4, -0.2) is 26.6 Å². The van der Waals surface area contributed by atoms with Crippen molar-refractivity contribution in [1.82, 2.24) is 5.32 Å². The van der Waals surface area contributed by atoms with Gasteiger partial charge in [0.25, 0.3) is 15.9 Å². The molecule has 3 aromatic carbocycles. The Labute approximate surface area is 192 Å². The molecule has 0 atom stereocenters. The number of sulfonamides is 1. The first kappa shape index (κ1) is 23.2. The molecule has 1 amide bonds. The van der Waals surface area contributed by atoms with Gasteiger partial charge in [-0.2, -0.15) is 11.8 Å². The molecule has 3 rings (SSSR count). The fourth-order valence-corrected chi connectivity index (χ4v) is 4.94. The molecule has 0 heterocycles. The molecule has 0 bridgehead atoms. The zero-order chi connectivity index (χ0) is 22.3. The third kappa shape index (κ3) is 6.75. The van der Waals surface area contributed by atoms with E-state index in [0.29, 0.717) is 17.8 Å². The average Bonchev–Trinajstić information content (AvgIpc) is 2.75. The molecule has 8 heteroatoms. The van der Waals surface area contributed by atoms with Gasteiger partial charge in [-0.05, 0) is 42.8 Å². The standard InChI is InChI=1S/C23H23ClN2O3S2/c1-17-7-9-18(10-8-17)16-30-14-13-25-23(27)21-12-11-19(15-22(21)24)26-31(28,29)20-5-3-2-4-6-20/h2-12,15,26H,13-14,16H2,1H3,(H,25,27). The van der Waals surface area contributed by atoms with Gasteiger partial charge in [0.2, 0.25) is 0 Å². The van der Waals surface area contributed by atoms with E-state index in [1.165, 1.54) is 41.5 Å². The predicted octanol–water partition coefficient (Wildman–Crippen LogP) is 5.11. The number of nitrogens with one attached hydrogen (secondary N) is 2. The van der Waals surface area contributed by atoms with Crippen molar-refractivity contribution in [2.75, 3.05) is 17.0 Å². The molecular formula is C23H23ClN2O3S2. The highest BCUT2D eigenvalue weighted by Gasteiger charge is 2.16. The summed E-state index contributed by atoms with van der Waals surface area (Å²) in [5, 5.41) is 3.02. The first-order chi connectivity index (χ1) is 14.8. The minimum absolute atomic E-state index is 0.149. The van der Waals surface area contributed by atoms with E-state index in [1.807, 2.05) is 0 Å². The minimum Gasteiger partial charge on any atom is -0.351 e. The van der Waals surface area contributed by atoms with Gasteiger partial charge in [-0.15, -0.1) is 0 Å². The van der Waals surface area contributed by atoms with Crippen LogP contribution < -0.4 is 10.0 Å². The highest BCUT2D eigenvalue weighted by atomic mass is 35.5. The maximum atomic E-state index is 12.4. The summed E-state index contributed by atoms with van der Waals surface area (Å²) in [6, 6.07) is 20.9. The van der Waals surface area contributed by atoms with E-state index in [2.05, 4.69) is 41.2 Å². The second-order valence-corrected chi connectivity index (χ2v) is 10.1. The van der Waals surface area contributed by atoms with E-state index in [4.69, 9.17) is 11.6 Å². The van der Waals surface area contributed by atoms with Crippen molar-refractivity contribution in [3.05, 3.63) is 94.5 Å². The van der Waals surface area contributed by atoms with E-state index < -0.39 is 10.0 Å². The Morgan fingerprint density at radius 1 is 1.00 bits per heavy atom. The summed E-state index contributed by atoms with van der Waals surface area (Å²) in [4.78, 5) is 12.6. The summed E-state index contributed by atoms with van der Waals surface area (Å²) < 4.78 is 27.3. The number of anilines is 1. The molecule has 5 nitrogen and oxygen atoms in total. The van der Waals surface area contributed by atoms with Gasteiger partial charge in [0.05, 0.1) is 21.2 Å². The summed E-state index contributed by atoms with van der Waals surface area (Å²) in [5.74, 6) is 1.36. The number of benzene rings is 3. The summed E-state index contributed by atoms with van der Waals surface area (Å²) in [6.45, 7) is 2.57. The van der Waals surface area contributed by atoms with Crippen LogP contribution in [0.4, 0.5) is 5.69 Å². The lowest BCUT2D eigenvalue weighted by Crippen LogP contribution is -2.26. The first-order valence-corrected chi connectivity index (χ1v) is 12.7. The number of rotatable bonds is 9. The van der Waals surface area contributed by atoms with Gasteiger partial charge in [0.15, 0.2) is 0 Å². The van der Waals surface area contributed by atoms with Crippen LogP contribution in [0, 0.1) is 6.92 Å². The molecule has 0 aliphatic heterocycles. The normalized spacial score (nSPS) is 11.2. The SMILES string of the molecule is Cc1ccc(CSCCNC(=O)c2ccc(NS(=O)(=O)c3ccccc3)cc2Cl)cc1. The van der Waals surface area contributed by atoms with Crippen LogP contribution in [0.2, 0.25) is 5.02 Å². The van der Waals surface area contributed by atoms with Crippen LogP contribution in [0.25, 0.3) is 0 Å². The maximum Gasteiger partial charge on any atom is 0.261 e. The van der Waals surface area contributed by atoms with Crippen molar-refractivity contribution < 1.29 is 13.2 Å². The van der Waals surface area contributed by atoms with Gasteiger partial charge in [-0.25, -0.2) is 8.42 Å². The average molecular weight is 475 g/mol. The Balaban J connectivity index is 1.51. The van der Waals surface area contributed by atoms with Crippen molar-refractivity contribution >= 4 is 45.0 Å². The van der Waals surface area contributed by atoms with Crippen LogP contribution in [0.15, 0.2) is 77.7 Å². The fourth-order valence-electron chi connectivity index (χ4n) is 2.78. The number of thioether (sulfide) groups is 1.